The third-order valence-electron chi connectivity index (χ3n) is 5.84. The van der Waals surface area contributed by atoms with Crippen LogP contribution >= 0.6 is 12.4 Å². The molecule has 1 N–H and O–H groups in total. The summed E-state index contributed by atoms with van der Waals surface area (Å²) in [6.07, 6.45) is 5.84. The lowest BCUT2D eigenvalue weighted by Crippen LogP contribution is -2.57. The van der Waals surface area contributed by atoms with Gasteiger partial charge in [-0.05, 0) is 62.7 Å². The molecule has 3 aliphatic heterocycles. The number of para-hydroxylation sites is 1. The number of piperidine rings is 3. The fourth-order valence-corrected chi connectivity index (χ4v) is 4.21. The summed E-state index contributed by atoms with van der Waals surface area (Å²) in [6, 6.07) is 5.93. The number of halogens is 1. The fraction of sp³-hybridized carbons (Fsp3) is 0.579. The highest BCUT2D eigenvalue weighted by molar-refractivity contribution is 6.04. The van der Waals surface area contributed by atoms with Gasteiger partial charge in [-0.3, -0.25) is 4.79 Å². The van der Waals surface area contributed by atoms with E-state index in [4.69, 9.17) is 4.42 Å². The van der Waals surface area contributed by atoms with Crippen molar-refractivity contribution in [3.63, 3.8) is 0 Å². The lowest BCUT2D eigenvalue weighted by molar-refractivity contribution is 0.0621. The molecule has 4 fully saturated rings. The normalized spacial score (nSPS) is 27.9. The molecule has 134 valence electrons. The first-order valence-corrected chi connectivity index (χ1v) is 9.18. The van der Waals surface area contributed by atoms with E-state index in [9.17, 15) is 4.79 Å². The summed E-state index contributed by atoms with van der Waals surface area (Å²) in [5.74, 6) is 2.12. The topological polar surface area (TPSA) is 58.4 Å². The predicted molar refractivity (Wildman–Crippen MR) is 98.1 cm³/mol. The Morgan fingerprint density at radius 3 is 2.72 bits per heavy atom. The maximum Gasteiger partial charge on any atom is 0.253 e. The molecule has 4 heterocycles. The second-order valence-electron chi connectivity index (χ2n) is 7.63. The largest absolute Gasteiger partial charge is 0.441 e. The van der Waals surface area contributed by atoms with E-state index in [-0.39, 0.29) is 24.4 Å². The molecule has 0 spiro atoms. The van der Waals surface area contributed by atoms with E-state index in [1.807, 2.05) is 18.2 Å². The quantitative estimate of drug-likeness (QED) is 0.909. The van der Waals surface area contributed by atoms with Gasteiger partial charge in [-0.15, -0.1) is 12.4 Å². The van der Waals surface area contributed by atoms with Gasteiger partial charge in [0, 0.05) is 19.0 Å². The molecule has 0 unspecified atom stereocenters. The van der Waals surface area contributed by atoms with Crippen molar-refractivity contribution < 1.29 is 9.21 Å². The number of amides is 1. The Balaban J connectivity index is 0.00000157. The summed E-state index contributed by atoms with van der Waals surface area (Å²) in [6.45, 7) is 3.35. The zero-order valence-corrected chi connectivity index (χ0v) is 15.1. The van der Waals surface area contributed by atoms with E-state index in [0.717, 1.165) is 30.4 Å². The van der Waals surface area contributed by atoms with Crippen LogP contribution in [0.25, 0.3) is 11.1 Å². The molecule has 2 bridgehead atoms. The van der Waals surface area contributed by atoms with E-state index >= 15 is 0 Å². The molecule has 1 amide bonds. The van der Waals surface area contributed by atoms with E-state index in [0.29, 0.717) is 17.0 Å². The van der Waals surface area contributed by atoms with Gasteiger partial charge in [-0.25, -0.2) is 4.98 Å². The van der Waals surface area contributed by atoms with Crippen molar-refractivity contribution in [1.29, 1.82) is 0 Å². The molecule has 6 heteroatoms. The van der Waals surface area contributed by atoms with Crippen LogP contribution in [0.3, 0.4) is 0 Å². The molecule has 25 heavy (non-hydrogen) atoms. The molecule has 1 aliphatic carbocycles. The number of oxazole rings is 1. The molecule has 1 aromatic carbocycles. The van der Waals surface area contributed by atoms with Crippen molar-refractivity contribution in [2.45, 2.75) is 38.1 Å². The number of carbonyl (C=O) groups is 1. The van der Waals surface area contributed by atoms with Crippen LogP contribution in [0.15, 0.2) is 22.6 Å². The van der Waals surface area contributed by atoms with E-state index in [2.05, 4.69) is 15.2 Å². The number of benzene rings is 1. The minimum absolute atomic E-state index is 0. The van der Waals surface area contributed by atoms with Gasteiger partial charge >= 0.3 is 0 Å². The standard InChI is InChI=1S/C19H23N3O2.ClH/c23-19(20-15-11-22-8-6-13(15)7-9-22)14-2-1-3-16-18(14)21-17(24-16)10-12-4-5-12;/h1-3,12-13,15H,4-11H2,(H,20,23);1H/t15-;/m1./s1. The molecule has 4 aliphatic rings. The Kier molecular flexibility index (Phi) is 4.46. The number of hydrogen-bond donors (Lipinski definition) is 1. The lowest BCUT2D eigenvalue weighted by atomic mass is 9.84. The first kappa shape index (κ1) is 16.9. The van der Waals surface area contributed by atoms with E-state index in [1.165, 1.54) is 38.8 Å². The Hall–Kier alpha value is -1.59. The van der Waals surface area contributed by atoms with Crippen molar-refractivity contribution in [3.8, 4) is 0 Å². The maximum absolute atomic E-state index is 12.8. The third kappa shape index (κ3) is 3.27. The Morgan fingerprint density at radius 2 is 2.04 bits per heavy atom. The summed E-state index contributed by atoms with van der Waals surface area (Å²) in [5.41, 5.74) is 2.09. The van der Waals surface area contributed by atoms with Gasteiger partial charge in [0.25, 0.3) is 5.91 Å². The van der Waals surface area contributed by atoms with Gasteiger partial charge in [-0.2, -0.15) is 0 Å². The van der Waals surface area contributed by atoms with Crippen LogP contribution in [0.5, 0.6) is 0 Å². The molecule has 2 aromatic rings. The Morgan fingerprint density at radius 1 is 1.24 bits per heavy atom. The van der Waals surface area contributed by atoms with Crippen LogP contribution < -0.4 is 5.32 Å². The predicted octanol–water partition coefficient (Wildman–Crippen LogP) is 3.03. The van der Waals surface area contributed by atoms with Crippen LogP contribution in [-0.2, 0) is 6.42 Å². The zero-order valence-electron chi connectivity index (χ0n) is 14.2. The molecule has 3 saturated heterocycles. The molecule has 5 nitrogen and oxygen atoms in total. The second-order valence-corrected chi connectivity index (χ2v) is 7.63. The van der Waals surface area contributed by atoms with Crippen LogP contribution in [0.2, 0.25) is 0 Å². The minimum atomic E-state index is -0.00868. The number of nitrogens with one attached hydrogen (secondary N) is 1. The smallest absolute Gasteiger partial charge is 0.253 e. The van der Waals surface area contributed by atoms with Gasteiger partial charge in [0.05, 0.1) is 5.56 Å². The second kappa shape index (κ2) is 6.61. The molecule has 1 aromatic heterocycles. The summed E-state index contributed by atoms with van der Waals surface area (Å²) in [7, 11) is 0. The van der Waals surface area contributed by atoms with E-state index < -0.39 is 0 Å². The number of nitrogens with zero attached hydrogens (tertiary/aromatic N) is 2. The van der Waals surface area contributed by atoms with Gasteiger partial charge in [0.2, 0.25) is 0 Å². The summed E-state index contributed by atoms with van der Waals surface area (Å²) < 4.78 is 5.85. The van der Waals surface area contributed by atoms with Crippen molar-refractivity contribution in [3.05, 3.63) is 29.7 Å². The minimum Gasteiger partial charge on any atom is -0.441 e. The first-order chi connectivity index (χ1) is 11.8. The molecule has 1 atom stereocenters. The zero-order chi connectivity index (χ0) is 16.1. The highest BCUT2D eigenvalue weighted by Gasteiger charge is 2.35. The van der Waals surface area contributed by atoms with Crippen molar-refractivity contribution in [2.24, 2.45) is 11.8 Å². The molecule has 1 saturated carbocycles. The molecular formula is C19H24ClN3O2. The molecule has 0 radical (unpaired) electrons. The highest BCUT2D eigenvalue weighted by atomic mass is 35.5. The van der Waals surface area contributed by atoms with Crippen LogP contribution in [0, 0.1) is 11.8 Å². The number of rotatable bonds is 4. The third-order valence-corrected chi connectivity index (χ3v) is 5.84. The van der Waals surface area contributed by atoms with Crippen LogP contribution in [-0.4, -0.2) is 41.5 Å². The number of fused-ring (bicyclic) bond motifs is 4. The maximum atomic E-state index is 12.8. The summed E-state index contributed by atoms with van der Waals surface area (Å²) in [5, 5.41) is 3.26. The van der Waals surface area contributed by atoms with Gasteiger partial charge in [0.1, 0.15) is 5.52 Å². The van der Waals surface area contributed by atoms with E-state index in [1.54, 1.807) is 0 Å². The van der Waals surface area contributed by atoms with Crippen molar-refractivity contribution in [2.75, 3.05) is 19.6 Å². The molecular weight excluding hydrogens is 338 g/mol. The Labute approximate surface area is 153 Å². The summed E-state index contributed by atoms with van der Waals surface area (Å²) >= 11 is 0. The number of carbonyl (C=O) groups excluding carboxylic acids is 1. The van der Waals surface area contributed by atoms with Gasteiger partial charge in [-0.1, -0.05) is 6.07 Å². The van der Waals surface area contributed by atoms with Crippen molar-refractivity contribution in [1.82, 2.24) is 15.2 Å². The molecule has 6 rings (SSSR count). The Bertz CT molecular complexity index is 778. The van der Waals surface area contributed by atoms with Gasteiger partial charge < -0.3 is 14.6 Å². The first-order valence-electron chi connectivity index (χ1n) is 9.18. The lowest BCUT2D eigenvalue weighted by Gasteiger charge is -2.44. The van der Waals surface area contributed by atoms with Gasteiger partial charge in [0.15, 0.2) is 11.5 Å². The average molecular weight is 362 g/mol. The SMILES string of the molecule is Cl.O=C(N[C@@H]1CN2CCC1CC2)c1cccc2oc(CC3CC3)nc12. The van der Waals surface area contributed by atoms with Crippen LogP contribution in [0.1, 0.15) is 41.9 Å². The number of aromatic nitrogens is 1. The monoisotopic (exact) mass is 361 g/mol. The highest BCUT2D eigenvalue weighted by Crippen LogP contribution is 2.33. The van der Waals surface area contributed by atoms with Crippen LogP contribution in [0.4, 0.5) is 0 Å². The average Bonchev–Trinajstić information content (AvgIpc) is 3.31. The number of hydrogen-bond acceptors (Lipinski definition) is 4. The summed E-state index contributed by atoms with van der Waals surface area (Å²) in [4.78, 5) is 19.9. The van der Waals surface area contributed by atoms with Crippen molar-refractivity contribution >= 4 is 29.4 Å². The fourth-order valence-electron chi connectivity index (χ4n) is 4.21.